The first-order valence-electron chi connectivity index (χ1n) is 6.31. The standard InChI is InChI=1S/C13H18N4OS2/c1-7(2)10(8-5-4-6-19-8)16-13-9(12(18)15-3)11(14)17-20-13/h4-7,10,16H,1-3H3,(H2,14,17)(H,15,18). The predicted octanol–water partition coefficient (Wildman–Crippen LogP) is 2.96. The summed E-state index contributed by atoms with van der Waals surface area (Å²) in [5.74, 6) is 0.437. The molecule has 108 valence electrons. The Labute approximate surface area is 126 Å². The molecule has 0 aliphatic rings. The highest BCUT2D eigenvalue weighted by atomic mass is 32.1. The number of thiophene rings is 1. The number of amides is 1. The minimum Gasteiger partial charge on any atom is -0.382 e. The molecule has 0 fully saturated rings. The fourth-order valence-corrected chi connectivity index (χ4v) is 3.62. The highest BCUT2D eigenvalue weighted by Crippen LogP contribution is 2.34. The predicted molar refractivity (Wildman–Crippen MR) is 85.4 cm³/mol. The van der Waals surface area contributed by atoms with Crippen LogP contribution in [0.25, 0.3) is 0 Å². The first-order chi connectivity index (χ1) is 9.54. The number of anilines is 2. The third kappa shape index (κ3) is 2.94. The molecule has 4 N–H and O–H groups in total. The van der Waals surface area contributed by atoms with E-state index in [9.17, 15) is 4.79 Å². The second kappa shape index (κ2) is 6.23. The van der Waals surface area contributed by atoms with Gasteiger partial charge in [0, 0.05) is 11.9 Å². The van der Waals surface area contributed by atoms with Crippen molar-refractivity contribution in [2.45, 2.75) is 19.9 Å². The molecule has 0 radical (unpaired) electrons. The van der Waals surface area contributed by atoms with E-state index in [0.717, 1.165) is 0 Å². The van der Waals surface area contributed by atoms with E-state index < -0.39 is 0 Å². The fourth-order valence-electron chi connectivity index (χ4n) is 1.92. The molecule has 0 aliphatic carbocycles. The van der Waals surface area contributed by atoms with Gasteiger partial charge in [0.25, 0.3) is 5.91 Å². The third-order valence-electron chi connectivity index (χ3n) is 2.98. The Kier molecular flexibility index (Phi) is 4.61. The van der Waals surface area contributed by atoms with Gasteiger partial charge in [-0.15, -0.1) is 11.3 Å². The summed E-state index contributed by atoms with van der Waals surface area (Å²) < 4.78 is 4.08. The van der Waals surface area contributed by atoms with Crippen molar-refractivity contribution in [1.29, 1.82) is 0 Å². The van der Waals surface area contributed by atoms with Crippen molar-refractivity contribution in [3.8, 4) is 0 Å². The van der Waals surface area contributed by atoms with Crippen LogP contribution in [0, 0.1) is 5.92 Å². The highest BCUT2D eigenvalue weighted by molar-refractivity contribution is 7.11. The van der Waals surface area contributed by atoms with E-state index in [1.54, 1.807) is 18.4 Å². The minimum absolute atomic E-state index is 0.137. The zero-order valence-electron chi connectivity index (χ0n) is 11.6. The van der Waals surface area contributed by atoms with Crippen molar-refractivity contribution >= 4 is 39.6 Å². The first kappa shape index (κ1) is 14.8. The summed E-state index contributed by atoms with van der Waals surface area (Å²) in [4.78, 5) is 13.1. The number of aromatic nitrogens is 1. The quantitative estimate of drug-likeness (QED) is 0.793. The van der Waals surface area contributed by atoms with Gasteiger partial charge in [-0.3, -0.25) is 4.79 Å². The van der Waals surface area contributed by atoms with Crippen molar-refractivity contribution in [2.75, 3.05) is 18.1 Å². The maximum atomic E-state index is 11.9. The minimum atomic E-state index is -0.215. The third-order valence-corrected chi connectivity index (χ3v) is 4.72. The topological polar surface area (TPSA) is 80.0 Å². The molecular formula is C13H18N4OS2. The van der Waals surface area contributed by atoms with E-state index in [1.807, 2.05) is 11.4 Å². The van der Waals surface area contributed by atoms with Crippen molar-refractivity contribution in [3.05, 3.63) is 28.0 Å². The van der Waals surface area contributed by atoms with Crippen LogP contribution in [0.5, 0.6) is 0 Å². The molecule has 20 heavy (non-hydrogen) atoms. The van der Waals surface area contributed by atoms with Gasteiger partial charge < -0.3 is 16.4 Å². The lowest BCUT2D eigenvalue weighted by Crippen LogP contribution is -2.22. The molecule has 0 saturated heterocycles. The number of rotatable bonds is 5. The summed E-state index contributed by atoms with van der Waals surface area (Å²) >= 11 is 2.92. The number of hydrogen-bond donors (Lipinski definition) is 3. The molecule has 0 spiro atoms. The van der Waals surface area contributed by atoms with Crippen molar-refractivity contribution < 1.29 is 4.79 Å². The molecule has 1 atom stereocenters. The lowest BCUT2D eigenvalue weighted by Gasteiger charge is -2.21. The van der Waals surface area contributed by atoms with Crippen LogP contribution in [0.15, 0.2) is 17.5 Å². The van der Waals surface area contributed by atoms with E-state index in [2.05, 4.69) is 34.9 Å². The van der Waals surface area contributed by atoms with Crippen molar-refractivity contribution in [2.24, 2.45) is 5.92 Å². The number of carbonyl (C=O) groups is 1. The summed E-state index contributed by atoms with van der Waals surface area (Å²) in [5, 5.41) is 8.77. The van der Waals surface area contributed by atoms with Crippen molar-refractivity contribution in [3.63, 3.8) is 0 Å². The number of nitrogens with zero attached hydrogens (tertiary/aromatic N) is 1. The Morgan fingerprint density at radius 1 is 1.45 bits per heavy atom. The van der Waals surface area contributed by atoms with Crippen LogP contribution in [0.3, 0.4) is 0 Å². The molecule has 2 aromatic rings. The zero-order chi connectivity index (χ0) is 14.7. The average Bonchev–Trinajstić information content (AvgIpc) is 3.04. The Hall–Kier alpha value is -1.60. The van der Waals surface area contributed by atoms with E-state index in [0.29, 0.717) is 16.5 Å². The molecule has 1 unspecified atom stereocenters. The van der Waals surface area contributed by atoms with E-state index in [-0.39, 0.29) is 17.8 Å². The highest BCUT2D eigenvalue weighted by Gasteiger charge is 2.23. The maximum absolute atomic E-state index is 11.9. The Balaban J connectivity index is 2.30. The molecule has 0 aliphatic heterocycles. The maximum Gasteiger partial charge on any atom is 0.257 e. The SMILES string of the molecule is CNC(=O)c1c(N)nsc1NC(c1cccs1)C(C)C. The Bertz CT molecular complexity index is 577. The van der Waals surface area contributed by atoms with Gasteiger partial charge in [0.2, 0.25) is 0 Å². The van der Waals surface area contributed by atoms with E-state index in [4.69, 9.17) is 5.73 Å². The molecule has 2 heterocycles. The molecule has 2 aromatic heterocycles. The van der Waals surface area contributed by atoms with Gasteiger partial charge in [0.15, 0.2) is 5.82 Å². The van der Waals surface area contributed by atoms with Crippen LogP contribution in [-0.2, 0) is 0 Å². The Morgan fingerprint density at radius 3 is 2.75 bits per heavy atom. The second-order valence-corrected chi connectivity index (χ2v) is 6.49. The molecule has 7 heteroatoms. The van der Waals surface area contributed by atoms with E-state index >= 15 is 0 Å². The van der Waals surface area contributed by atoms with Crippen LogP contribution in [0.2, 0.25) is 0 Å². The zero-order valence-corrected chi connectivity index (χ0v) is 13.3. The molecular weight excluding hydrogens is 292 g/mol. The van der Waals surface area contributed by atoms with Crippen LogP contribution in [0.4, 0.5) is 10.8 Å². The van der Waals surface area contributed by atoms with Crippen LogP contribution < -0.4 is 16.4 Å². The summed E-state index contributed by atoms with van der Waals surface area (Å²) in [6.45, 7) is 4.28. The monoisotopic (exact) mass is 310 g/mol. The summed E-state index contributed by atoms with van der Waals surface area (Å²) in [7, 11) is 1.59. The average molecular weight is 310 g/mol. The van der Waals surface area contributed by atoms with Gasteiger partial charge in [-0.05, 0) is 28.9 Å². The number of nitrogen functional groups attached to an aromatic ring is 1. The molecule has 2 rings (SSSR count). The second-order valence-electron chi connectivity index (χ2n) is 4.73. The van der Waals surface area contributed by atoms with E-state index in [1.165, 1.54) is 16.4 Å². The molecule has 0 bridgehead atoms. The van der Waals surface area contributed by atoms with Gasteiger partial charge in [-0.2, -0.15) is 4.37 Å². The molecule has 0 aromatic carbocycles. The first-order valence-corrected chi connectivity index (χ1v) is 7.97. The van der Waals surface area contributed by atoms with Crippen molar-refractivity contribution in [1.82, 2.24) is 9.69 Å². The van der Waals surface area contributed by atoms with Crippen LogP contribution in [0.1, 0.15) is 35.1 Å². The number of nitrogens with one attached hydrogen (secondary N) is 2. The summed E-state index contributed by atoms with van der Waals surface area (Å²) in [6, 6.07) is 4.25. The van der Waals surface area contributed by atoms with Gasteiger partial charge >= 0.3 is 0 Å². The smallest absolute Gasteiger partial charge is 0.257 e. The molecule has 0 saturated carbocycles. The van der Waals surface area contributed by atoms with Crippen LogP contribution in [-0.4, -0.2) is 17.3 Å². The summed E-state index contributed by atoms with van der Waals surface area (Å²) in [5.41, 5.74) is 6.22. The molecule has 5 nitrogen and oxygen atoms in total. The number of hydrogen-bond acceptors (Lipinski definition) is 6. The Morgan fingerprint density at radius 2 is 2.20 bits per heavy atom. The largest absolute Gasteiger partial charge is 0.382 e. The summed E-state index contributed by atoms with van der Waals surface area (Å²) in [6.07, 6.45) is 0. The van der Waals surface area contributed by atoms with Gasteiger partial charge in [0.05, 0.1) is 6.04 Å². The fraction of sp³-hybridized carbons (Fsp3) is 0.385. The van der Waals surface area contributed by atoms with Gasteiger partial charge in [0.1, 0.15) is 10.6 Å². The van der Waals surface area contributed by atoms with Gasteiger partial charge in [-0.25, -0.2) is 0 Å². The molecule has 1 amide bonds. The normalized spacial score (nSPS) is 12.4. The lowest BCUT2D eigenvalue weighted by atomic mass is 10.0. The van der Waals surface area contributed by atoms with Gasteiger partial charge in [-0.1, -0.05) is 19.9 Å². The van der Waals surface area contributed by atoms with Crippen LogP contribution >= 0.6 is 22.9 Å². The number of nitrogens with two attached hydrogens (primary N) is 1. The number of carbonyl (C=O) groups excluding carboxylic acids is 1. The lowest BCUT2D eigenvalue weighted by molar-refractivity contribution is 0.0965.